The van der Waals surface area contributed by atoms with E-state index in [1.807, 2.05) is 6.92 Å². The van der Waals surface area contributed by atoms with Crippen LogP contribution in [-0.2, 0) is 30.9 Å². The third kappa shape index (κ3) is 4.60. The molecule has 2 aliphatic rings. The summed E-state index contributed by atoms with van der Waals surface area (Å²) in [6, 6.07) is 5.56. The van der Waals surface area contributed by atoms with Crippen LogP contribution in [0.2, 0.25) is 5.02 Å². The van der Waals surface area contributed by atoms with E-state index < -0.39 is 5.82 Å². The first-order chi connectivity index (χ1) is 21.3. The van der Waals surface area contributed by atoms with E-state index in [0.717, 1.165) is 47.4 Å². The van der Waals surface area contributed by atoms with E-state index in [-0.39, 0.29) is 23.7 Å². The Bertz CT molecular complexity index is 1990. The van der Waals surface area contributed by atoms with E-state index in [2.05, 4.69) is 45.5 Å². The second kappa shape index (κ2) is 11.1. The normalized spacial score (nSPS) is 16.4. The van der Waals surface area contributed by atoms with Crippen LogP contribution in [0.3, 0.4) is 0 Å². The first-order valence-corrected chi connectivity index (χ1v) is 15.5. The summed E-state index contributed by atoms with van der Waals surface area (Å²) in [4.78, 5) is 14.4. The zero-order valence-corrected chi connectivity index (χ0v) is 25.9. The van der Waals surface area contributed by atoms with Gasteiger partial charge in [-0.25, -0.2) is 9.37 Å². The highest BCUT2D eigenvalue weighted by Gasteiger charge is 2.32. The summed E-state index contributed by atoms with van der Waals surface area (Å²) in [6.07, 6.45) is 1.61. The number of fused-ring (bicyclic) bond motifs is 4. The number of nitrogen functional groups attached to an aromatic ring is 1. The molecule has 3 N–H and O–H groups in total. The Morgan fingerprint density at radius 1 is 1.20 bits per heavy atom. The highest BCUT2D eigenvalue weighted by atomic mass is 35.5. The molecule has 44 heavy (non-hydrogen) atoms. The minimum Gasteiger partial charge on any atom is -0.423 e. The summed E-state index contributed by atoms with van der Waals surface area (Å²) in [7, 11) is 4.14. The van der Waals surface area contributed by atoms with Crippen LogP contribution in [0.5, 0.6) is 0 Å². The molecule has 14 heteroatoms. The molecule has 1 fully saturated rings. The average Bonchev–Trinajstić information content (AvgIpc) is 3.83. The Morgan fingerprint density at radius 2 is 2.00 bits per heavy atom. The molecule has 0 bridgehead atoms. The van der Waals surface area contributed by atoms with Gasteiger partial charge in [-0.15, -0.1) is 21.5 Å². The van der Waals surface area contributed by atoms with Crippen LogP contribution in [0.4, 0.5) is 21.2 Å². The minimum atomic E-state index is -0.445. The number of nitrogens with zero attached hydrogens (tertiary/aromatic N) is 7. The first-order valence-electron chi connectivity index (χ1n) is 14.3. The van der Waals surface area contributed by atoms with Gasteiger partial charge in [0.25, 0.3) is 0 Å². The summed E-state index contributed by atoms with van der Waals surface area (Å²) in [6.45, 7) is 4.34. The van der Waals surface area contributed by atoms with Crippen molar-refractivity contribution in [2.45, 2.75) is 45.6 Å². The van der Waals surface area contributed by atoms with Gasteiger partial charge in [0.1, 0.15) is 22.7 Å². The lowest BCUT2D eigenvalue weighted by Gasteiger charge is -2.23. The number of benzene rings is 2. The van der Waals surface area contributed by atoms with Crippen molar-refractivity contribution in [3.8, 4) is 17.2 Å². The van der Waals surface area contributed by atoms with Crippen molar-refractivity contribution in [1.82, 2.24) is 25.1 Å². The lowest BCUT2D eigenvalue weighted by Crippen LogP contribution is -2.32. The zero-order valence-electron chi connectivity index (χ0n) is 24.4. The fourth-order valence-electron chi connectivity index (χ4n) is 6.09. The van der Waals surface area contributed by atoms with Gasteiger partial charge in [-0.2, -0.15) is 10.2 Å². The molecule has 2 aliphatic heterocycles. The minimum absolute atomic E-state index is 0.229. The molecule has 1 saturated heterocycles. The van der Waals surface area contributed by atoms with E-state index in [9.17, 15) is 9.65 Å². The Morgan fingerprint density at radius 3 is 2.73 bits per heavy atom. The molecule has 2 aromatic carbocycles. The number of halogens is 2. The second-order valence-electron chi connectivity index (χ2n) is 11.1. The van der Waals surface area contributed by atoms with E-state index in [0.29, 0.717) is 74.4 Å². The van der Waals surface area contributed by atoms with Crippen molar-refractivity contribution < 1.29 is 13.5 Å². The fraction of sp³-hybridized carbons (Fsp3) is 0.367. The van der Waals surface area contributed by atoms with Gasteiger partial charge in [0.05, 0.1) is 45.9 Å². The number of aryl methyl sites for hydroxylation is 1. The van der Waals surface area contributed by atoms with Crippen molar-refractivity contribution >= 4 is 60.7 Å². The van der Waals surface area contributed by atoms with Crippen molar-refractivity contribution in [2.24, 2.45) is 0 Å². The summed E-state index contributed by atoms with van der Waals surface area (Å²) in [5, 5.41) is 23.4. The number of hydrogen-bond acceptors (Lipinski definition) is 12. The zero-order chi connectivity index (χ0) is 30.7. The van der Waals surface area contributed by atoms with Gasteiger partial charge in [-0.1, -0.05) is 24.6 Å². The molecule has 226 valence electrons. The van der Waals surface area contributed by atoms with E-state index in [1.165, 1.54) is 6.07 Å². The first kappa shape index (κ1) is 28.7. The quantitative estimate of drug-likeness (QED) is 0.235. The van der Waals surface area contributed by atoms with Crippen LogP contribution in [0, 0.1) is 17.1 Å². The van der Waals surface area contributed by atoms with Gasteiger partial charge < -0.3 is 30.0 Å². The molecule has 11 nitrogen and oxygen atoms in total. The molecular formula is C30H29ClFN9O2S. The molecular weight excluding hydrogens is 605 g/mol. The SMILES string of the molecule is CCc1nnc(CNc2nc(N3CC[C@H](N(C)C)C3)nc3c(Cl)c(-c4ccc(F)c5sc(N)c(C#N)c45)c4c(c23)COC4)o1. The van der Waals surface area contributed by atoms with Gasteiger partial charge >= 0.3 is 0 Å². The Labute approximate surface area is 261 Å². The predicted molar refractivity (Wildman–Crippen MR) is 168 cm³/mol. The monoisotopic (exact) mass is 633 g/mol. The number of ether oxygens (including phenoxy) is 1. The summed E-state index contributed by atoms with van der Waals surface area (Å²) in [5.74, 6) is 1.66. The maximum atomic E-state index is 15.0. The topological polar surface area (TPSA) is 142 Å². The number of aromatic nitrogens is 4. The molecule has 7 rings (SSSR count). The number of nitrogens with two attached hydrogens (primary N) is 1. The van der Waals surface area contributed by atoms with E-state index in [4.69, 9.17) is 36.5 Å². The number of rotatable bonds is 7. The summed E-state index contributed by atoms with van der Waals surface area (Å²) >= 11 is 8.38. The third-order valence-corrected chi connectivity index (χ3v) is 9.77. The van der Waals surface area contributed by atoms with Crippen LogP contribution in [0.1, 0.15) is 41.8 Å². The van der Waals surface area contributed by atoms with Crippen molar-refractivity contribution in [3.63, 3.8) is 0 Å². The number of hydrogen-bond donors (Lipinski definition) is 2. The number of thiophene rings is 1. The van der Waals surface area contributed by atoms with Crippen LogP contribution in [0.25, 0.3) is 32.1 Å². The van der Waals surface area contributed by atoms with Gasteiger partial charge in [0, 0.05) is 36.5 Å². The van der Waals surface area contributed by atoms with Crippen molar-refractivity contribution in [3.05, 3.63) is 51.4 Å². The van der Waals surface area contributed by atoms with Crippen LogP contribution in [-0.4, -0.2) is 58.3 Å². The molecule has 1 atom stereocenters. The molecule has 0 aliphatic carbocycles. The smallest absolute Gasteiger partial charge is 0.235 e. The van der Waals surface area contributed by atoms with Gasteiger partial charge in [0.2, 0.25) is 17.7 Å². The molecule has 3 aromatic heterocycles. The summed E-state index contributed by atoms with van der Waals surface area (Å²) < 4.78 is 27.0. The summed E-state index contributed by atoms with van der Waals surface area (Å²) in [5.41, 5.74) is 9.91. The highest BCUT2D eigenvalue weighted by molar-refractivity contribution is 7.23. The molecule has 5 heterocycles. The molecule has 5 aromatic rings. The number of nitrogens with one attached hydrogen (secondary N) is 1. The Balaban J connectivity index is 1.46. The van der Waals surface area contributed by atoms with Crippen LogP contribution >= 0.6 is 22.9 Å². The van der Waals surface area contributed by atoms with E-state index >= 15 is 0 Å². The van der Waals surface area contributed by atoms with Gasteiger partial charge in [-0.05, 0) is 43.3 Å². The molecule has 0 saturated carbocycles. The number of likely N-dealkylation sites (N-methyl/N-ethyl adjacent to an activating group) is 1. The van der Waals surface area contributed by atoms with Crippen LogP contribution in [0.15, 0.2) is 16.5 Å². The average molecular weight is 634 g/mol. The maximum Gasteiger partial charge on any atom is 0.235 e. The fourth-order valence-corrected chi connectivity index (χ4v) is 7.39. The molecule has 0 amide bonds. The van der Waals surface area contributed by atoms with Crippen LogP contribution < -0.4 is 16.0 Å². The molecule has 0 unspecified atom stereocenters. The lowest BCUT2D eigenvalue weighted by molar-refractivity contribution is 0.135. The van der Waals surface area contributed by atoms with Crippen molar-refractivity contribution in [2.75, 3.05) is 43.1 Å². The second-order valence-corrected chi connectivity index (χ2v) is 12.6. The molecule has 0 spiro atoms. The molecule has 0 radical (unpaired) electrons. The maximum absolute atomic E-state index is 15.0. The predicted octanol–water partition coefficient (Wildman–Crippen LogP) is 5.49. The number of anilines is 3. The van der Waals surface area contributed by atoms with E-state index in [1.54, 1.807) is 6.07 Å². The highest BCUT2D eigenvalue weighted by Crippen LogP contribution is 2.49. The van der Waals surface area contributed by atoms with Gasteiger partial charge in [-0.3, -0.25) is 0 Å². The lowest BCUT2D eigenvalue weighted by atomic mass is 9.91. The largest absolute Gasteiger partial charge is 0.423 e. The van der Waals surface area contributed by atoms with Crippen molar-refractivity contribution in [1.29, 1.82) is 5.26 Å². The Hall–Kier alpha value is -4.09. The third-order valence-electron chi connectivity index (χ3n) is 8.38. The Kier molecular flexibility index (Phi) is 7.25. The standard InChI is InChI=1S/C30H29ClFN9O2S/c1-4-20-38-39-21(43-20)10-35-29-24-18-13-42-12-17(18)22(15-5-6-19(32)27-23(15)16(9-33)28(34)44-27)25(31)26(24)36-30(37-29)41-8-7-14(11-41)40(2)3/h5-6,14H,4,7-8,10-13,34H2,1-3H3,(H,35,36,37)/t14-/m0/s1. The van der Waals surface area contributed by atoms with Gasteiger partial charge in [0.15, 0.2) is 0 Å². The number of nitriles is 1.